The Bertz CT molecular complexity index is 487. The Morgan fingerprint density at radius 1 is 1.61 bits per heavy atom. The van der Waals surface area contributed by atoms with Crippen LogP contribution >= 0.6 is 0 Å². The molecule has 18 heavy (non-hydrogen) atoms. The zero-order chi connectivity index (χ0) is 13.7. The van der Waals surface area contributed by atoms with Crippen molar-refractivity contribution in [2.24, 2.45) is 0 Å². The first-order valence-corrected chi connectivity index (χ1v) is 4.78. The number of nitro benzene ring substituents is 1. The van der Waals surface area contributed by atoms with Crippen LogP contribution in [0.3, 0.4) is 0 Å². The molecule has 0 saturated carbocycles. The van der Waals surface area contributed by atoms with E-state index in [1.54, 1.807) is 0 Å². The molecule has 0 spiro atoms. The smallest absolute Gasteiger partial charge is 0.342 e. The number of carbonyl (C=O) groups excluding carboxylic acids is 1. The minimum absolute atomic E-state index is 0.122. The molecule has 1 N–H and O–H groups in total. The predicted octanol–water partition coefficient (Wildman–Crippen LogP) is 0.813. The quantitative estimate of drug-likeness (QED) is 0.454. The second-order valence-corrected chi connectivity index (χ2v) is 3.40. The molecule has 0 unspecified atom stereocenters. The molecule has 0 saturated heterocycles. The summed E-state index contributed by atoms with van der Waals surface area (Å²) in [7, 11) is 1.47. The highest BCUT2D eigenvalue weighted by Crippen LogP contribution is 2.20. The van der Waals surface area contributed by atoms with Crippen molar-refractivity contribution in [2.45, 2.75) is 6.54 Å². The highest BCUT2D eigenvalue weighted by atomic mass is 16.7. The summed E-state index contributed by atoms with van der Waals surface area (Å²) in [6.45, 7) is 0.348. The number of nitro groups is 1. The van der Waals surface area contributed by atoms with Crippen LogP contribution in [-0.4, -0.2) is 34.6 Å². The van der Waals surface area contributed by atoms with Crippen molar-refractivity contribution < 1.29 is 24.5 Å². The van der Waals surface area contributed by atoms with E-state index < -0.39 is 22.1 Å². The number of nitrogens with zero attached hydrogens (tertiary/aromatic N) is 2. The minimum Gasteiger partial charge on any atom is -0.477 e. The summed E-state index contributed by atoms with van der Waals surface area (Å²) in [5, 5.41) is 20.7. The van der Waals surface area contributed by atoms with Gasteiger partial charge in [-0.2, -0.15) is 0 Å². The molecule has 0 fully saturated rings. The largest absolute Gasteiger partial charge is 0.477 e. The molecule has 0 aromatic heterocycles. The van der Waals surface area contributed by atoms with Crippen LogP contribution < -0.4 is 0 Å². The van der Waals surface area contributed by atoms with Gasteiger partial charge in [0, 0.05) is 13.1 Å². The lowest BCUT2D eigenvalue weighted by atomic mass is 10.1. The third-order valence-electron chi connectivity index (χ3n) is 2.12. The number of aromatic carboxylic acids is 1. The van der Waals surface area contributed by atoms with Gasteiger partial charge >= 0.3 is 12.4 Å². The molecule has 1 aromatic carbocycles. The number of rotatable bonds is 6. The van der Waals surface area contributed by atoms with E-state index in [9.17, 15) is 19.7 Å². The Morgan fingerprint density at radius 3 is 2.78 bits per heavy atom. The van der Waals surface area contributed by atoms with Crippen molar-refractivity contribution in [2.75, 3.05) is 7.05 Å². The van der Waals surface area contributed by atoms with Crippen LogP contribution in [0.5, 0.6) is 0 Å². The molecule has 0 bridgehead atoms. The normalized spacial score (nSPS) is 10.1. The third-order valence-corrected chi connectivity index (χ3v) is 2.12. The fraction of sp³-hybridized carbons (Fsp3) is 0.200. The van der Waals surface area contributed by atoms with Gasteiger partial charge in [0.15, 0.2) is 0 Å². The lowest BCUT2D eigenvalue weighted by Crippen LogP contribution is -2.17. The molecule has 0 heterocycles. The van der Waals surface area contributed by atoms with Crippen LogP contribution in [0, 0.1) is 10.1 Å². The number of hydrogen-bond donors (Lipinski definition) is 1. The summed E-state index contributed by atoms with van der Waals surface area (Å²) in [5.41, 5.74) is -0.412. The van der Waals surface area contributed by atoms with Crippen molar-refractivity contribution in [3.05, 3.63) is 39.4 Å². The Labute approximate surface area is 101 Å². The van der Waals surface area contributed by atoms with Crippen LogP contribution in [0.15, 0.2) is 18.2 Å². The molecule has 0 aliphatic rings. The zero-order valence-electron chi connectivity index (χ0n) is 9.40. The standard InChI is InChI=1S/C10H10N2O6/c1-11(18-6-13)5-7-2-3-9(12(16)17)8(4-7)10(14)15/h2-4,6H,5H2,1H3,(H,14,15). The van der Waals surface area contributed by atoms with E-state index >= 15 is 0 Å². The Morgan fingerprint density at radius 2 is 2.28 bits per heavy atom. The highest BCUT2D eigenvalue weighted by Gasteiger charge is 2.20. The van der Waals surface area contributed by atoms with Gasteiger partial charge in [-0.3, -0.25) is 14.9 Å². The summed E-state index contributed by atoms with van der Waals surface area (Å²) in [6.07, 6.45) is 0. The molecule has 0 aliphatic carbocycles. The van der Waals surface area contributed by atoms with Crippen molar-refractivity contribution >= 4 is 18.1 Å². The monoisotopic (exact) mass is 254 g/mol. The molecule has 8 nitrogen and oxygen atoms in total. The summed E-state index contributed by atoms with van der Waals surface area (Å²) >= 11 is 0. The second kappa shape index (κ2) is 5.73. The van der Waals surface area contributed by atoms with Gasteiger partial charge in [-0.15, -0.1) is 5.06 Å². The third kappa shape index (κ3) is 3.25. The van der Waals surface area contributed by atoms with Gasteiger partial charge < -0.3 is 9.94 Å². The molecule has 1 rings (SSSR count). The van der Waals surface area contributed by atoms with Crippen LogP contribution in [0.4, 0.5) is 5.69 Å². The number of benzene rings is 1. The maximum atomic E-state index is 10.9. The van der Waals surface area contributed by atoms with E-state index in [4.69, 9.17) is 5.11 Å². The molecular weight excluding hydrogens is 244 g/mol. The Hall–Kier alpha value is -2.48. The van der Waals surface area contributed by atoms with E-state index in [0.29, 0.717) is 5.56 Å². The molecule has 8 heteroatoms. The van der Waals surface area contributed by atoms with Crippen molar-refractivity contribution in [3.8, 4) is 0 Å². The molecule has 0 radical (unpaired) electrons. The topological polar surface area (TPSA) is 110 Å². The first kappa shape index (κ1) is 13.6. The molecule has 0 aliphatic heterocycles. The van der Waals surface area contributed by atoms with Gasteiger partial charge in [0.1, 0.15) is 5.56 Å². The molecular formula is C10H10N2O6. The highest BCUT2D eigenvalue weighted by molar-refractivity contribution is 5.92. The van der Waals surface area contributed by atoms with Crippen molar-refractivity contribution in [1.29, 1.82) is 0 Å². The molecule has 96 valence electrons. The van der Waals surface area contributed by atoms with Gasteiger partial charge in [-0.25, -0.2) is 4.79 Å². The molecule has 0 amide bonds. The van der Waals surface area contributed by atoms with E-state index in [-0.39, 0.29) is 13.0 Å². The minimum atomic E-state index is -1.39. The van der Waals surface area contributed by atoms with Gasteiger partial charge in [0.25, 0.3) is 5.69 Å². The van der Waals surface area contributed by atoms with E-state index in [1.807, 2.05) is 0 Å². The summed E-state index contributed by atoms with van der Waals surface area (Å²) in [5.74, 6) is -1.39. The van der Waals surface area contributed by atoms with Crippen LogP contribution in [0.25, 0.3) is 0 Å². The fourth-order valence-electron chi connectivity index (χ4n) is 1.38. The van der Waals surface area contributed by atoms with Gasteiger partial charge in [0.2, 0.25) is 0 Å². The SMILES string of the molecule is CN(Cc1ccc([N+](=O)[O-])c(C(=O)O)c1)OC=O. The maximum absolute atomic E-state index is 10.9. The summed E-state index contributed by atoms with van der Waals surface area (Å²) in [4.78, 5) is 35.3. The van der Waals surface area contributed by atoms with Gasteiger partial charge in [0.05, 0.1) is 11.5 Å². The first-order valence-electron chi connectivity index (χ1n) is 4.78. The lowest BCUT2D eigenvalue weighted by Gasteiger charge is -2.12. The molecule has 1 aromatic rings. The van der Waals surface area contributed by atoms with E-state index in [2.05, 4.69) is 4.84 Å². The van der Waals surface area contributed by atoms with Gasteiger partial charge in [-0.1, -0.05) is 6.07 Å². The predicted molar refractivity (Wildman–Crippen MR) is 58.7 cm³/mol. The van der Waals surface area contributed by atoms with Crippen molar-refractivity contribution in [1.82, 2.24) is 5.06 Å². The average Bonchev–Trinajstić information content (AvgIpc) is 2.28. The summed E-state index contributed by atoms with van der Waals surface area (Å²) in [6, 6.07) is 3.67. The van der Waals surface area contributed by atoms with Gasteiger partial charge in [-0.05, 0) is 11.6 Å². The number of carboxylic acids is 1. The van der Waals surface area contributed by atoms with Crippen molar-refractivity contribution in [3.63, 3.8) is 0 Å². The Kier molecular flexibility index (Phi) is 4.33. The number of carbonyl (C=O) groups is 2. The van der Waals surface area contributed by atoms with Crippen LogP contribution in [-0.2, 0) is 16.2 Å². The number of hydrogen-bond acceptors (Lipinski definition) is 6. The summed E-state index contributed by atoms with van der Waals surface area (Å²) < 4.78 is 0. The van der Waals surface area contributed by atoms with Crippen LogP contribution in [0.2, 0.25) is 0 Å². The fourth-order valence-corrected chi connectivity index (χ4v) is 1.38. The maximum Gasteiger partial charge on any atom is 0.342 e. The Balaban J connectivity index is 3.03. The van der Waals surface area contributed by atoms with Crippen LogP contribution in [0.1, 0.15) is 15.9 Å². The zero-order valence-corrected chi connectivity index (χ0v) is 9.40. The average molecular weight is 254 g/mol. The lowest BCUT2D eigenvalue weighted by molar-refractivity contribution is -0.385. The second-order valence-electron chi connectivity index (χ2n) is 3.40. The molecule has 0 atom stereocenters. The van der Waals surface area contributed by atoms with E-state index in [1.165, 1.54) is 24.2 Å². The number of carboxylic acid groups (broad SMARTS) is 1. The van der Waals surface area contributed by atoms with E-state index in [0.717, 1.165) is 6.07 Å². The first-order chi connectivity index (χ1) is 8.45. The number of hydroxylamine groups is 2.